The molecule has 0 aromatic rings. The van der Waals surface area contributed by atoms with E-state index in [9.17, 15) is 0 Å². The number of hydrogen-bond acceptors (Lipinski definition) is 8. The maximum Gasteiger partial charge on any atom is 0.315 e. The van der Waals surface area contributed by atoms with Crippen LogP contribution in [0.25, 0.3) is 0 Å². The van der Waals surface area contributed by atoms with E-state index < -0.39 is 33.8 Å². The summed E-state index contributed by atoms with van der Waals surface area (Å²) < 4.78 is 42.9. The second kappa shape index (κ2) is 16.5. The molecule has 0 aromatic carbocycles. The van der Waals surface area contributed by atoms with Crippen LogP contribution in [0.1, 0.15) is 26.2 Å². The summed E-state index contributed by atoms with van der Waals surface area (Å²) in [4.78, 5) is 0. The predicted octanol–water partition coefficient (Wildman–Crippen LogP) is 4.85. The van der Waals surface area contributed by atoms with E-state index in [0.717, 1.165) is 57.2 Å². The van der Waals surface area contributed by atoms with Crippen molar-refractivity contribution in [2.75, 3.05) is 52.9 Å². The Labute approximate surface area is 219 Å². The fourth-order valence-corrected chi connectivity index (χ4v) is 23.5. The average molecular weight is 571 g/mol. The van der Waals surface area contributed by atoms with Gasteiger partial charge in [-0.05, 0) is 83.2 Å². The smallest absolute Gasteiger partial charge is 0.315 e. The molecule has 0 saturated carbocycles. The van der Waals surface area contributed by atoms with Crippen LogP contribution in [0, 0.1) is 0 Å². The van der Waals surface area contributed by atoms with Crippen LogP contribution in [-0.4, -0.2) is 97.8 Å². The molecule has 0 radical (unpaired) electrons. The lowest BCUT2D eigenvalue weighted by Gasteiger charge is -2.42. The Hall–Kier alpha value is 0.548. The Kier molecular flexibility index (Phi) is 15.8. The summed E-state index contributed by atoms with van der Waals surface area (Å²) in [5, 5.41) is 8.88. The fraction of sp³-hybridized carbons (Fsp3) is 1.00. The molecule has 1 heterocycles. The number of rotatable bonds is 23. The van der Waals surface area contributed by atoms with Gasteiger partial charge in [0.15, 0.2) is 16.6 Å². The van der Waals surface area contributed by atoms with Gasteiger partial charge in [0.2, 0.25) is 0 Å². The maximum atomic E-state index is 8.88. The Morgan fingerprint density at radius 2 is 1.31 bits per heavy atom. The standard InChI is InChI=1S/C23H54O8Si4/c1-9-13-25-17-20-33(4,5)30-35(8,19-11-15-27-21-23-22-28-23)31-34(6,7)29-32(2,3)18-10-14-26-16-12-24/h23-24H,9-22H2,1-8H3. The van der Waals surface area contributed by atoms with Crippen LogP contribution in [0.5, 0.6) is 0 Å². The maximum absolute atomic E-state index is 8.88. The summed E-state index contributed by atoms with van der Waals surface area (Å²) in [5.74, 6) is 0. The van der Waals surface area contributed by atoms with Gasteiger partial charge < -0.3 is 36.4 Å². The summed E-state index contributed by atoms with van der Waals surface area (Å²) in [6.45, 7) is 22.6. The highest BCUT2D eigenvalue weighted by Gasteiger charge is 2.45. The van der Waals surface area contributed by atoms with Gasteiger partial charge >= 0.3 is 17.1 Å². The van der Waals surface area contributed by atoms with Crippen LogP contribution in [0.3, 0.4) is 0 Å². The zero-order chi connectivity index (χ0) is 26.4. The highest BCUT2D eigenvalue weighted by molar-refractivity contribution is 6.89. The van der Waals surface area contributed by atoms with E-state index in [0.29, 0.717) is 32.5 Å². The Balaban J connectivity index is 2.71. The third kappa shape index (κ3) is 17.6. The molecule has 2 atom stereocenters. The molecule has 0 aliphatic carbocycles. The van der Waals surface area contributed by atoms with Crippen molar-refractivity contribution < 1.29 is 36.4 Å². The lowest BCUT2D eigenvalue weighted by Crippen LogP contribution is -2.57. The van der Waals surface area contributed by atoms with Crippen LogP contribution < -0.4 is 0 Å². The van der Waals surface area contributed by atoms with Gasteiger partial charge in [-0.1, -0.05) is 6.92 Å². The molecule has 1 fully saturated rings. The molecule has 1 saturated heterocycles. The molecule has 0 bridgehead atoms. The normalized spacial score (nSPS) is 18.6. The number of hydrogen-bond donors (Lipinski definition) is 1. The topological polar surface area (TPSA) is 88.1 Å². The Morgan fingerprint density at radius 1 is 0.714 bits per heavy atom. The van der Waals surface area contributed by atoms with Crippen LogP contribution in [0.2, 0.25) is 64.0 Å². The van der Waals surface area contributed by atoms with Crippen molar-refractivity contribution in [3.05, 3.63) is 0 Å². The van der Waals surface area contributed by atoms with Crippen LogP contribution in [0.4, 0.5) is 0 Å². The first-order chi connectivity index (χ1) is 16.3. The molecule has 35 heavy (non-hydrogen) atoms. The molecule has 0 spiro atoms. The molecule has 8 nitrogen and oxygen atoms in total. The first-order valence-electron chi connectivity index (χ1n) is 13.4. The third-order valence-corrected chi connectivity index (χ3v) is 21.6. The summed E-state index contributed by atoms with van der Waals surface area (Å²) in [7, 11) is -8.81. The minimum Gasteiger partial charge on any atom is -0.436 e. The minimum atomic E-state index is -2.50. The second-order valence-electron chi connectivity index (χ2n) is 11.3. The first-order valence-corrected chi connectivity index (χ1v) is 25.0. The molecule has 2 unspecified atom stereocenters. The van der Waals surface area contributed by atoms with Gasteiger partial charge in [0.25, 0.3) is 0 Å². The Morgan fingerprint density at radius 3 is 1.94 bits per heavy atom. The van der Waals surface area contributed by atoms with Crippen LogP contribution >= 0.6 is 0 Å². The largest absolute Gasteiger partial charge is 0.436 e. The molecule has 12 heteroatoms. The zero-order valence-corrected chi connectivity index (χ0v) is 27.8. The predicted molar refractivity (Wildman–Crippen MR) is 151 cm³/mol. The summed E-state index contributed by atoms with van der Waals surface area (Å²) in [5.41, 5.74) is 0. The molecule has 1 aliphatic rings. The van der Waals surface area contributed by atoms with Crippen LogP contribution in [0.15, 0.2) is 0 Å². The molecular weight excluding hydrogens is 517 g/mol. The number of ether oxygens (including phenoxy) is 4. The molecule has 210 valence electrons. The summed E-state index contributed by atoms with van der Waals surface area (Å²) in [6, 6.07) is 2.86. The van der Waals surface area contributed by atoms with Gasteiger partial charge in [0.1, 0.15) is 6.10 Å². The van der Waals surface area contributed by atoms with E-state index in [1.165, 1.54) is 0 Å². The highest BCUT2D eigenvalue weighted by atomic mass is 28.5. The van der Waals surface area contributed by atoms with E-state index in [4.69, 9.17) is 36.4 Å². The van der Waals surface area contributed by atoms with Gasteiger partial charge in [-0.3, -0.25) is 0 Å². The third-order valence-electron chi connectivity index (χ3n) is 5.60. The molecule has 1 N–H and O–H groups in total. The average Bonchev–Trinajstić information content (AvgIpc) is 3.53. The zero-order valence-electron chi connectivity index (χ0n) is 23.8. The van der Waals surface area contributed by atoms with Crippen molar-refractivity contribution in [2.45, 2.75) is 96.3 Å². The molecule has 1 aliphatic heterocycles. The van der Waals surface area contributed by atoms with Crippen molar-refractivity contribution in [1.29, 1.82) is 0 Å². The number of epoxide rings is 1. The molecule has 0 amide bonds. The minimum absolute atomic E-state index is 0.0676. The van der Waals surface area contributed by atoms with Gasteiger partial charge in [-0.2, -0.15) is 0 Å². The van der Waals surface area contributed by atoms with Gasteiger partial charge in [-0.15, -0.1) is 0 Å². The van der Waals surface area contributed by atoms with Gasteiger partial charge in [-0.25, -0.2) is 0 Å². The van der Waals surface area contributed by atoms with E-state index >= 15 is 0 Å². The lowest BCUT2D eigenvalue weighted by molar-refractivity contribution is 0.0923. The molecular formula is C23H54O8Si4. The van der Waals surface area contributed by atoms with Crippen molar-refractivity contribution in [1.82, 2.24) is 0 Å². The van der Waals surface area contributed by atoms with E-state index in [1.807, 2.05) is 0 Å². The van der Waals surface area contributed by atoms with Crippen LogP contribution in [-0.2, 0) is 31.3 Å². The quantitative estimate of drug-likeness (QED) is 0.106. The van der Waals surface area contributed by atoms with Crippen molar-refractivity contribution >= 4 is 33.8 Å². The van der Waals surface area contributed by atoms with Crippen molar-refractivity contribution in [3.8, 4) is 0 Å². The molecule has 1 rings (SSSR count). The summed E-state index contributed by atoms with van der Waals surface area (Å²) >= 11 is 0. The monoisotopic (exact) mass is 570 g/mol. The first kappa shape index (κ1) is 33.6. The lowest BCUT2D eigenvalue weighted by atomic mass is 10.5. The van der Waals surface area contributed by atoms with Gasteiger partial charge in [0, 0.05) is 26.4 Å². The SMILES string of the molecule is CCCOCC[Si](C)(C)O[Si](C)(CCCOCC1CO1)O[Si](C)(C)O[Si](C)(C)CCCOCCO. The van der Waals surface area contributed by atoms with E-state index in [1.54, 1.807) is 0 Å². The van der Waals surface area contributed by atoms with Gasteiger partial charge in [0.05, 0.1) is 26.4 Å². The van der Waals surface area contributed by atoms with Crippen molar-refractivity contribution in [2.24, 2.45) is 0 Å². The van der Waals surface area contributed by atoms with Crippen molar-refractivity contribution in [3.63, 3.8) is 0 Å². The number of aliphatic hydroxyl groups is 1. The van der Waals surface area contributed by atoms with E-state index in [-0.39, 0.29) is 6.61 Å². The number of aliphatic hydroxyl groups excluding tert-OH is 1. The highest BCUT2D eigenvalue weighted by Crippen LogP contribution is 2.30. The Bertz CT molecular complexity index is 564. The summed E-state index contributed by atoms with van der Waals surface area (Å²) in [6.07, 6.45) is 3.19. The fourth-order valence-electron chi connectivity index (χ4n) is 4.22. The second-order valence-corrected chi connectivity index (χ2v) is 27.4. The molecule has 0 aromatic heterocycles. The van der Waals surface area contributed by atoms with E-state index in [2.05, 4.69) is 52.8 Å².